The third-order valence-corrected chi connectivity index (χ3v) is 3.53. The number of carbonyl (C=O) groups is 1. The molecule has 24 heavy (non-hydrogen) atoms. The molecule has 1 heterocycles. The highest BCUT2D eigenvalue weighted by molar-refractivity contribution is 5.37. The molecule has 0 saturated carbocycles. The van der Waals surface area contributed by atoms with Gasteiger partial charge in [-0.2, -0.15) is 0 Å². The smallest absolute Gasteiger partial charge is 0.293 e. The van der Waals surface area contributed by atoms with E-state index in [0.717, 1.165) is 18.7 Å². The minimum atomic E-state index is -0.318. The molecule has 1 aliphatic rings. The molecule has 5 nitrogen and oxygen atoms in total. The summed E-state index contributed by atoms with van der Waals surface area (Å²) < 4.78 is 9.98. The van der Waals surface area contributed by atoms with Crippen LogP contribution in [0.4, 0.5) is 0 Å². The van der Waals surface area contributed by atoms with Crippen molar-refractivity contribution < 1.29 is 19.4 Å². The van der Waals surface area contributed by atoms with Gasteiger partial charge in [0.25, 0.3) is 6.47 Å². The maximum absolute atomic E-state index is 9.93. The van der Waals surface area contributed by atoms with Gasteiger partial charge < -0.3 is 19.9 Å². The van der Waals surface area contributed by atoms with E-state index in [2.05, 4.69) is 16.6 Å². The molecule has 2 rings (SSSR count). The summed E-state index contributed by atoms with van der Waals surface area (Å²) >= 11 is 0. The molecule has 0 radical (unpaired) electrons. The van der Waals surface area contributed by atoms with Crippen LogP contribution in [-0.2, 0) is 9.53 Å². The summed E-state index contributed by atoms with van der Waals surface area (Å²) in [5.41, 5.74) is 0.867. The number of nitrogens with one attached hydrogen (secondary N) is 1. The van der Waals surface area contributed by atoms with Crippen molar-refractivity contribution in [1.29, 1.82) is 0 Å². The van der Waals surface area contributed by atoms with Crippen LogP contribution in [0.1, 0.15) is 38.7 Å². The monoisotopic (exact) mass is 335 g/mol. The summed E-state index contributed by atoms with van der Waals surface area (Å²) in [4.78, 5) is 9.60. The molecule has 1 fully saturated rings. The molecule has 2 unspecified atom stereocenters. The standard InChI is InChI=1S/C14H19NO2.C5H10O2/c1-2-9-17-12-5-3-11(4-6-12)13-7-8-15-10-14(13)16;1-5(2,3)7-4-6/h2-6,13-16H,1,7-10H2;4H,1-3H3. The van der Waals surface area contributed by atoms with Crippen molar-refractivity contribution >= 4 is 6.47 Å². The van der Waals surface area contributed by atoms with Gasteiger partial charge in [0.05, 0.1) is 6.10 Å². The number of aliphatic hydroxyl groups excluding tert-OH is 1. The average Bonchev–Trinajstić information content (AvgIpc) is 2.53. The van der Waals surface area contributed by atoms with Gasteiger partial charge in [0, 0.05) is 12.5 Å². The number of benzene rings is 1. The van der Waals surface area contributed by atoms with Crippen LogP contribution in [0, 0.1) is 0 Å². The van der Waals surface area contributed by atoms with Crippen LogP contribution in [0.5, 0.6) is 5.75 Å². The number of carbonyl (C=O) groups excluding carboxylic acids is 1. The highest BCUT2D eigenvalue weighted by Gasteiger charge is 2.24. The molecule has 1 aliphatic heterocycles. The Morgan fingerprint density at radius 2 is 2.00 bits per heavy atom. The van der Waals surface area contributed by atoms with E-state index in [9.17, 15) is 9.90 Å². The fourth-order valence-electron chi connectivity index (χ4n) is 2.34. The molecule has 0 bridgehead atoms. The average molecular weight is 335 g/mol. The van der Waals surface area contributed by atoms with E-state index in [4.69, 9.17) is 4.74 Å². The Balaban J connectivity index is 0.000000351. The SMILES string of the molecule is C=CCOc1ccc(C2CCNCC2O)cc1.CC(C)(C)OC=O. The van der Waals surface area contributed by atoms with Gasteiger partial charge in [0.15, 0.2) is 0 Å². The van der Waals surface area contributed by atoms with Gasteiger partial charge in [-0.15, -0.1) is 0 Å². The number of piperidine rings is 1. The highest BCUT2D eigenvalue weighted by Crippen LogP contribution is 2.27. The van der Waals surface area contributed by atoms with Crippen molar-refractivity contribution in [3.05, 3.63) is 42.5 Å². The maximum atomic E-state index is 9.93. The lowest BCUT2D eigenvalue weighted by Crippen LogP contribution is -2.39. The molecule has 2 atom stereocenters. The molecule has 2 N–H and O–H groups in total. The Bertz CT molecular complexity index is 493. The zero-order valence-corrected chi connectivity index (χ0v) is 14.8. The summed E-state index contributed by atoms with van der Waals surface area (Å²) in [5.74, 6) is 1.08. The summed E-state index contributed by atoms with van der Waals surface area (Å²) in [5, 5.41) is 13.1. The van der Waals surface area contributed by atoms with Crippen LogP contribution in [-0.4, -0.2) is 43.0 Å². The first-order chi connectivity index (χ1) is 11.4. The normalized spacial score (nSPS) is 20.3. The molecule has 0 amide bonds. The lowest BCUT2D eigenvalue weighted by Gasteiger charge is -2.28. The molecule has 0 aliphatic carbocycles. The lowest BCUT2D eigenvalue weighted by atomic mass is 9.88. The molecule has 5 heteroatoms. The van der Waals surface area contributed by atoms with E-state index in [1.807, 2.05) is 45.0 Å². The second-order valence-corrected chi connectivity index (χ2v) is 6.66. The summed E-state index contributed by atoms with van der Waals surface area (Å²) in [6.07, 6.45) is 2.42. The number of hydrogen-bond donors (Lipinski definition) is 2. The van der Waals surface area contributed by atoms with Gasteiger partial charge in [-0.05, 0) is 51.4 Å². The van der Waals surface area contributed by atoms with Crippen LogP contribution in [0.3, 0.4) is 0 Å². The first-order valence-electron chi connectivity index (χ1n) is 8.21. The molecule has 0 spiro atoms. The highest BCUT2D eigenvalue weighted by atomic mass is 16.5. The fraction of sp³-hybridized carbons (Fsp3) is 0.526. The van der Waals surface area contributed by atoms with Crippen LogP contribution < -0.4 is 10.1 Å². The lowest BCUT2D eigenvalue weighted by molar-refractivity contribution is -0.138. The van der Waals surface area contributed by atoms with Crippen molar-refractivity contribution in [1.82, 2.24) is 5.32 Å². The van der Waals surface area contributed by atoms with Crippen molar-refractivity contribution in [2.45, 2.75) is 44.8 Å². The van der Waals surface area contributed by atoms with E-state index in [0.29, 0.717) is 19.6 Å². The fourth-order valence-corrected chi connectivity index (χ4v) is 2.34. The molecule has 0 aromatic heterocycles. The molecule has 1 saturated heterocycles. The Hall–Kier alpha value is -1.85. The van der Waals surface area contributed by atoms with Gasteiger partial charge in [-0.25, -0.2) is 0 Å². The molecular weight excluding hydrogens is 306 g/mol. The first kappa shape index (κ1) is 20.2. The number of hydrogen-bond acceptors (Lipinski definition) is 5. The number of rotatable bonds is 5. The van der Waals surface area contributed by atoms with E-state index in [-0.39, 0.29) is 17.6 Å². The van der Waals surface area contributed by atoms with Crippen LogP contribution in [0.25, 0.3) is 0 Å². The Kier molecular flexibility index (Phi) is 8.50. The van der Waals surface area contributed by atoms with Crippen molar-refractivity contribution in [3.63, 3.8) is 0 Å². The van der Waals surface area contributed by atoms with Gasteiger partial charge in [0.2, 0.25) is 0 Å². The van der Waals surface area contributed by atoms with Gasteiger partial charge in [-0.1, -0.05) is 24.8 Å². The second-order valence-electron chi connectivity index (χ2n) is 6.66. The molecule has 1 aromatic rings. The van der Waals surface area contributed by atoms with Crippen molar-refractivity contribution in [2.75, 3.05) is 19.7 Å². The zero-order chi connectivity index (χ0) is 18.0. The number of ether oxygens (including phenoxy) is 2. The van der Waals surface area contributed by atoms with Crippen molar-refractivity contribution in [2.24, 2.45) is 0 Å². The first-order valence-corrected chi connectivity index (χ1v) is 8.21. The predicted molar refractivity (Wildman–Crippen MR) is 95.3 cm³/mol. The second kappa shape index (κ2) is 10.1. The van der Waals surface area contributed by atoms with E-state index >= 15 is 0 Å². The van der Waals surface area contributed by atoms with E-state index < -0.39 is 0 Å². The van der Waals surface area contributed by atoms with Gasteiger partial charge in [0.1, 0.15) is 18.0 Å². The van der Waals surface area contributed by atoms with E-state index in [1.54, 1.807) is 6.08 Å². The van der Waals surface area contributed by atoms with Crippen LogP contribution >= 0.6 is 0 Å². The van der Waals surface area contributed by atoms with Crippen molar-refractivity contribution in [3.8, 4) is 5.75 Å². The zero-order valence-electron chi connectivity index (χ0n) is 14.8. The van der Waals surface area contributed by atoms with Gasteiger partial charge >= 0.3 is 0 Å². The third-order valence-electron chi connectivity index (χ3n) is 3.53. The predicted octanol–water partition coefficient (Wildman–Crippen LogP) is 2.65. The van der Waals surface area contributed by atoms with Crippen LogP contribution in [0.2, 0.25) is 0 Å². The van der Waals surface area contributed by atoms with Crippen LogP contribution in [0.15, 0.2) is 36.9 Å². The minimum absolute atomic E-state index is 0.240. The largest absolute Gasteiger partial charge is 0.490 e. The summed E-state index contributed by atoms with van der Waals surface area (Å²) in [6, 6.07) is 7.98. The summed E-state index contributed by atoms with van der Waals surface area (Å²) in [7, 11) is 0. The maximum Gasteiger partial charge on any atom is 0.293 e. The Morgan fingerprint density at radius 3 is 2.46 bits per heavy atom. The molecule has 1 aromatic carbocycles. The molecule has 134 valence electrons. The third kappa shape index (κ3) is 7.62. The van der Waals surface area contributed by atoms with Gasteiger partial charge in [-0.3, -0.25) is 4.79 Å². The van der Waals surface area contributed by atoms with E-state index in [1.165, 1.54) is 5.56 Å². The molecular formula is C19H29NO4. The Morgan fingerprint density at radius 1 is 1.33 bits per heavy atom. The summed E-state index contributed by atoms with van der Waals surface area (Å²) in [6.45, 7) is 11.7. The Labute approximate surface area is 144 Å². The quantitative estimate of drug-likeness (QED) is 0.639. The number of β-amino-alcohol motifs (C(OH)–C–C–N with tert-alkyl or cyclic N) is 1. The number of aliphatic hydroxyl groups is 1. The minimum Gasteiger partial charge on any atom is -0.490 e. The topological polar surface area (TPSA) is 67.8 Å².